The number of nitrogens with zero attached hydrogens (tertiary/aromatic N) is 1. The maximum absolute atomic E-state index is 13.3. The van der Waals surface area contributed by atoms with Gasteiger partial charge in [-0.05, 0) is 60.2 Å². The summed E-state index contributed by atoms with van der Waals surface area (Å²) in [7, 11) is -3.86. The molecule has 0 saturated heterocycles. The molecule has 0 unspecified atom stereocenters. The first-order valence-electron chi connectivity index (χ1n) is 10.8. The number of thiophene rings is 1. The molecule has 0 radical (unpaired) electrons. The van der Waals surface area contributed by atoms with Gasteiger partial charge in [0.25, 0.3) is 5.91 Å². The number of sulfonamides is 1. The van der Waals surface area contributed by atoms with Crippen LogP contribution in [0, 0.1) is 0 Å². The maximum Gasteiger partial charge on any atom is 0.263 e. The minimum atomic E-state index is -3.86. The molecule has 3 aromatic rings. The Hall–Kier alpha value is -3.21. The lowest BCUT2D eigenvalue weighted by Crippen LogP contribution is -2.37. The number of fused-ring (bicyclic) bond motifs is 1. The largest absolute Gasteiger partial charge is 0.494 e. The van der Waals surface area contributed by atoms with Crippen molar-refractivity contribution in [2.75, 3.05) is 25.0 Å². The second-order valence-electron chi connectivity index (χ2n) is 7.66. The minimum Gasteiger partial charge on any atom is -0.494 e. The van der Waals surface area contributed by atoms with E-state index in [-0.39, 0.29) is 22.9 Å². The lowest BCUT2D eigenvalue weighted by Gasteiger charge is -2.28. The molecule has 0 atom stereocenters. The summed E-state index contributed by atoms with van der Waals surface area (Å²) < 4.78 is 33.4. The topological polar surface area (TPSA) is 105 Å². The fourth-order valence-electron chi connectivity index (χ4n) is 3.73. The SMILES string of the molecule is CCOc1ccc(NC(=O)CNC(=O)c2sccc2S(=O)(=O)N2CCc3ccccc3C2)cc1. The van der Waals surface area contributed by atoms with Crippen LogP contribution in [-0.2, 0) is 27.8 Å². The summed E-state index contributed by atoms with van der Waals surface area (Å²) in [6, 6.07) is 16.1. The minimum absolute atomic E-state index is 0.0405. The van der Waals surface area contributed by atoms with Crippen LogP contribution in [0.15, 0.2) is 64.9 Å². The first kappa shape index (κ1) is 23.9. The Kier molecular flexibility index (Phi) is 7.30. The van der Waals surface area contributed by atoms with Crippen molar-refractivity contribution in [1.82, 2.24) is 9.62 Å². The van der Waals surface area contributed by atoms with Crippen LogP contribution >= 0.6 is 11.3 Å². The van der Waals surface area contributed by atoms with Crippen molar-refractivity contribution in [3.8, 4) is 5.75 Å². The van der Waals surface area contributed by atoms with E-state index >= 15 is 0 Å². The highest BCUT2D eigenvalue weighted by molar-refractivity contribution is 7.89. The van der Waals surface area contributed by atoms with Crippen molar-refractivity contribution in [2.24, 2.45) is 0 Å². The van der Waals surface area contributed by atoms with Crippen molar-refractivity contribution >= 4 is 38.9 Å². The van der Waals surface area contributed by atoms with Crippen molar-refractivity contribution in [2.45, 2.75) is 24.8 Å². The Morgan fingerprint density at radius 2 is 1.79 bits per heavy atom. The third-order valence-corrected chi connectivity index (χ3v) is 8.34. The van der Waals surface area contributed by atoms with E-state index in [1.165, 1.54) is 10.4 Å². The van der Waals surface area contributed by atoms with Crippen LogP contribution in [0.4, 0.5) is 5.69 Å². The molecule has 2 amide bonds. The van der Waals surface area contributed by atoms with E-state index in [4.69, 9.17) is 4.74 Å². The Bertz CT molecular complexity index is 1290. The van der Waals surface area contributed by atoms with Crippen LogP contribution in [0.1, 0.15) is 27.7 Å². The summed E-state index contributed by atoms with van der Waals surface area (Å²) in [6.45, 7) is 2.75. The summed E-state index contributed by atoms with van der Waals surface area (Å²) in [5, 5.41) is 6.77. The number of carbonyl (C=O) groups is 2. The molecule has 1 aromatic heterocycles. The van der Waals surface area contributed by atoms with E-state index < -0.39 is 21.8 Å². The van der Waals surface area contributed by atoms with E-state index in [1.807, 2.05) is 31.2 Å². The van der Waals surface area contributed by atoms with Gasteiger partial charge in [0.1, 0.15) is 15.5 Å². The van der Waals surface area contributed by atoms with Crippen LogP contribution in [0.5, 0.6) is 5.75 Å². The first-order chi connectivity index (χ1) is 16.4. The summed E-state index contributed by atoms with van der Waals surface area (Å²) in [5.41, 5.74) is 2.66. The number of hydrogen-bond acceptors (Lipinski definition) is 6. The lowest BCUT2D eigenvalue weighted by atomic mass is 10.0. The molecule has 2 aromatic carbocycles. The number of carbonyl (C=O) groups excluding carboxylic acids is 2. The molecular weight excluding hydrogens is 474 g/mol. The standard InChI is InChI=1S/C24H25N3O5S2/c1-2-32-20-9-7-19(8-10-20)26-22(28)15-25-24(29)23-21(12-14-33-23)34(30,31)27-13-11-17-5-3-4-6-18(17)16-27/h3-10,12,14H,2,11,13,15-16H2,1H3,(H,25,29)(H,26,28). The van der Waals surface area contributed by atoms with Gasteiger partial charge in [-0.15, -0.1) is 11.3 Å². The molecule has 10 heteroatoms. The van der Waals surface area contributed by atoms with Gasteiger partial charge >= 0.3 is 0 Å². The van der Waals surface area contributed by atoms with E-state index in [0.717, 1.165) is 22.5 Å². The second kappa shape index (κ2) is 10.4. The molecule has 4 rings (SSSR count). The molecular formula is C24H25N3O5S2. The summed E-state index contributed by atoms with van der Waals surface area (Å²) in [4.78, 5) is 25.0. The Morgan fingerprint density at radius 1 is 1.06 bits per heavy atom. The van der Waals surface area contributed by atoms with Gasteiger partial charge in [-0.3, -0.25) is 9.59 Å². The highest BCUT2D eigenvalue weighted by atomic mass is 32.2. The van der Waals surface area contributed by atoms with Gasteiger partial charge in [0, 0.05) is 18.8 Å². The Balaban J connectivity index is 1.39. The molecule has 2 heterocycles. The molecule has 0 bridgehead atoms. The number of amides is 2. The number of ether oxygens (including phenoxy) is 1. The molecule has 8 nitrogen and oxygen atoms in total. The van der Waals surface area contributed by atoms with Gasteiger partial charge < -0.3 is 15.4 Å². The number of nitrogens with one attached hydrogen (secondary N) is 2. The smallest absolute Gasteiger partial charge is 0.263 e. The van der Waals surface area contributed by atoms with Gasteiger partial charge in [0.2, 0.25) is 15.9 Å². The van der Waals surface area contributed by atoms with Crippen molar-refractivity contribution in [3.05, 3.63) is 76.0 Å². The van der Waals surface area contributed by atoms with Gasteiger partial charge in [-0.25, -0.2) is 8.42 Å². The number of rotatable bonds is 8. The molecule has 34 heavy (non-hydrogen) atoms. The van der Waals surface area contributed by atoms with Crippen molar-refractivity contribution in [1.29, 1.82) is 0 Å². The van der Waals surface area contributed by atoms with Gasteiger partial charge in [0.05, 0.1) is 13.2 Å². The zero-order valence-corrected chi connectivity index (χ0v) is 20.2. The van der Waals surface area contributed by atoms with Crippen LogP contribution in [-0.4, -0.2) is 44.2 Å². The number of anilines is 1. The van der Waals surface area contributed by atoms with Crippen molar-refractivity contribution < 1.29 is 22.7 Å². The molecule has 0 saturated carbocycles. The third kappa shape index (κ3) is 5.30. The maximum atomic E-state index is 13.3. The molecule has 0 fully saturated rings. The Labute approximate surface area is 202 Å². The first-order valence-corrected chi connectivity index (χ1v) is 13.2. The van der Waals surface area contributed by atoms with E-state index in [0.29, 0.717) is 31.0 Å². The third-order valence-electron chi connectivity index (χ3n) is 5.41. The van der Waals surface area contributed by atoms with Gasteiger partial charge in [-0.1, -0.05) is 24.3 Å². The zero-order valence-electron chi connectivity index (χ0n) is 18.6. The Morgan fingerprint density at radius 3 is 2.53 bits per heavy atom. The summed E-state index contributed by atoms with van der Waals surface area (Å²) in [6.07, 6.45) is 0.618. The second-order valence-corrected chi connectivity index (χ2v) is 10.5. The summed E-state index contributed by atoms with van der Waals surface area (Å²) in [5.74, 6) is -0.337. The van der Waals surface area contributed by atoms with E-state index in [9.17, 15) is 18.0 Å². The predicted octanol–water partition coefficient (Wildman–Crippen LogP) is 3.26. The highest BCUT2D eigenvalue weighted by Crippen LogP contribution is 2.29. The fourth-order valence-corrected chi connectivity index (χ4v) is 6.46. The van der Waals surface area contributed by atoms with E-state index in [1.54, 1.807) is 29.6 Å². The molecule has 0 spiro atoms. The molecule has 1 aliphatic heterocycles. The van der Waals surface area contributed by atoms with Crippen molar-refractivity contribution in [3.63, 3.8) is 0 Å². The molecule has 178 valence electrons. The predicted molar refractivity (Wildman–Crippen MR) is 131 cm³/mol. The van der Waals surface area contributed by atoms with Crippen LogP contribution < -0.4 is 15.4 Å². The van der Waals surface area contributed by atoms with E-state index in [2.05, 4.69) is 10.6 Å². The normalized spacial score (nSPS) is 13.7. The average molecular weight is 500 g/mol. The highest BCUT2D eigenvalue weighted by Gasteiger charge is 2.32. The quantitative estimate of drug-likeness (QED) is 0.495. The monoisotopic (exact) mass is 499 g/mol. The van der Waals surface area contributed by atoms with Crippen LogP contribution in [0.2, 0.25) is 0 Å². The van der Waals surface area contributed by atoms with Crippen LogP contribution in [0.25, 0.3) is 0 Å². The molecule has 0 aliphatic carbocycles. The fraction of sp³-hybridized carbons (Fsp3) is 0.250. The zero-order chi connectivity index (χ0) is 24.1. The van der Waals surface area contributed by atoms with Gasteiger partial charge in [0.15, 0.2) is 0 Å². The average Bonchev–Trinajstić information content (AvgIpc) is 3.35. The van der Waals surface area contributed by atoms with Gasteiger partial charge in [-0.2, -0.15) is 4.31 Å². The molecule has 2 N–H and O–H groups in total. The number of hydrogen-bond donors (Lipinski definition) is 2. The summed E-state index contributed by atoms with van der Waals surface area (Å²) >= 11 is 1.03. The lowest BCUT2D eigenvalue weighted by molar-refractivity contribution is -0.115. The number of benzene rings is 2. The molecule has 1 aliphatic rings. The van der Waals surface area contributed by atoms with Crippen LogP contribution in [0.3, 0.4) is 0 Å².